The van der Waals surface area contributed by atoms with Crippen LogP contribution in [0.25, 0.3) is 0 Å². The molecule has 0 atom stereocenters. The molecule has 0 unspecified atom stereocenters. The Morgan fingerprint density at radius 2 is 1.82 bits per heavy atom. The summed E-state index contributed by atoms with van der Waals surface area (Å²) in [6.07, 6.45) is 0. The van der Waals surface area contributed by atoms with Crippen LogP contribution >= 0.6 is 0 Å². The van der Waals surface area contributed by atoms with E-state index in [1.54, 1.807) is 0 Å². The molecule has 2 rings (SSSR count). The lowest BCUT2D eigenvalue weighted by atomic mass is 10.2. The van der Waals surface area contributed by atoms with Gasteiger partial charge in [-0.05, 0) is 42.3 Å². The molecule has 0 saturated heterocycles. The van der Waals surface area contributed by atoms with Crippen molar-refractivity contribution in [1.82, 2.24) is 0 Å². The highest BCUT2D eigenvalue weighted by Crippen LogP contribution is 2.28. The van der Waals surface area contributed by atoms with Crippen LogP contribution < -0.4 is 10.5 Å². The molecule has 0 bridgehead atoms. The molecule has 0 aromatic heterocycles. The van der Waals surface area contributed by atoms with Gasteiger partial charge in [-0.25, -0.2) is 0 Å². The van der Waals surface area contributed by atoms with E-state index >= 15 is 0 Å². The molecule has 0 spiro atoms. The molecule has 88 valence electrons. The first-order valence-corrected chi connectivity index (χ1v) is 5.43. The van der Waals surface area contributed by atoms with Crippen molar-refractivity contribution < 1.29 is 9.84 Å². The zero-order valence-corrected chi connectivity index (χ0v) is 9.68. The molecule has 0 aliphatic carbocycles. The van der Waals surface area contributed by atoms with E-state index in [0.29, 0.717) is 17.2 Å². The Bertz CT molecular complexity index is 506. The van der Waals surface area contributed by atoms with Gasteiger partial charge in [0.15, 0.2) is 5.75 Å². The fraction of sp³-hybridized carbons (Fsp3) is 0.143. The quantitative estimate of drug-likeness (QED) is 0.796. The maximum Gasteiger partial charge on any atom is 0.150 e. The predicted octanol–water partition coefficient (Wildman–Crippen LogP) is 2.86. The molecule has 3 heteroatoms. The second kappa shape index (κ2) is 4.89. The number of aliphatic hydroxyl groups is 1. The van der Waals surface area contributed by atoms with E-state index in [1.807, 2.05) is 49.4 Å². The lowest BCUT2D eigenvalue weighted by molar-refractivity contribution is 0.281. The molecule has 0 fully saturated rings. The van der Waals surface area contributed by atoms with Gasteiger partial charge in [-0.2, -0.15) is 0 Å². The van der Waals surface area contributed by atoms with Crippen molar-refractivity contribution >= 4 is 5.69 Å². The van der Waals surface area contributed by atoms with Crippen LogP contribution in [-0.4, -0.2) is 5.11 Å². The predicted molar refractivity (Wildman–Crippen MR) is 68.0 cm³/mol. The van der Waals surface area contributed by atoms with Crippen molar-refractivity contribution in [2.45, 2.75) is 13.5 Å². The number of hydrogen-bond donors (Lipinski definition) is 2. The lowest BCUT2D eigenvalue weighted by Gasteiger charge is -2.09. The number of aliphatic hydroxyl groups excluding tert-OH is 1. The Morgan fingerprint density at radius 3 is 2.47 bits per heavy atom. The first-order chi connectivity index (χ1) is 8.19. The average molecular weight is 229 g/mol. The normalized spacial score (nSPS) is 10.2. The van der Waals surface area contributed by atoms with Gasteiger partial charge >= 0.3 is 0 Å². The lowest BCUT2D eigenvalue weighted by Crippen LogP contribution is -1.93. The number of nitrogens with two attached hydrogens (primary N) is 1. The van der Waals surface area contributed by atoms with Crippen molar-refractivity contribution in [2.24, 2.45) is 0 Å². The van der Waals surface area contributed by atoms with Crippen LogP contribution in [0.4, 0.5) is 5.69 Å². The first kappa shape index (κ1) is 11.5. The third-order valence-electron chi connectivity index (χ3n) is 2.50. The molecule has 0 amide bonds. The minimum absolute atomic E-state index is 0.0346. The van der Waals surface area contributed by atoms with Crippen LogP contribution in [0.3, 0.4) is 0 Å². The summed E-state index contributed by atoms with van der Waals surface area (Å²) in [5.74, 6) is 1.36. The van der Waals surface area contributed by atoms with Crippen molar-refractivity contribution in [2.75, 3.05) is 5.73 Å². The maximum atomic E-state index is 8.94. The van der Waals surface area contributed by atoms with E-state index in [1.165, 1.54) is 0 Å². The highest BCUT2D eigenvalue weighted by Gasteiger charge is 2.02. The van der Waals surface area contributed by atoms with Crippen molar-refractivity contribution in [3.05, 3.63) is 53.6 Å². The van der Waals surface area contributed by atoms with Crippen LogP contribution in [0.15, 0.2) is 42.5 Å². The van der Waals surface area contributed by atoms with Gasteiger partial charge in [0.1, 0.15) is 5.75 Å². The van der Waals surface area contributed by atoms with Gasteiger partial charge in [-0.1, -0.05) is 18.2 Å². The molecule has 0 aliphatic heterocycles. The zero-order valence-electron chi connectivity index (χ0n) is 9.68. The number of hydrogen-bond acceptors (Lipinski definition) is 3. The zero-order chi connectivity index (χ0) is 12.3. The van der Waals surface area contributed by atoms with Crippen LogP contribution in [0, 0.1) is 6.92 Å². The molecular formula is C14H15NO2. The topological polar surface area (TPSA) is 55.5 Å². The van der Waals surface area contributed by atoms with Gasteiger partial charge < -0.3 is 15.6 Å². The number of rotatable bonds is 3. The standard InChI is InChI=1S/C14H15NO2/c1-10-2-7-13(15)14(8-10)17-12-5-3-11(9-16)4-6-12/h2-8,16H,9,15H2,1H3. The summed E-state index contributed by atoms with van der Waals surface area (Å²) in [5, 5.41) is 8.94. The van der Waals surface area contributed by atoms with E-state index in [0.717, 1.165) is 11.1 Å². The molecule has 0 heterocycles. The fourth-order valence-corrected chi connectivity index (χ4v) is 1.52. The van der Waals surface area contributed by atoms with E-state index in [9.17, 15) is 0 Å². The largest absolute Gasteiger partial charge is 0.455 e. The molecule has 17 heavy (non-hydrogen) atoms. The minimum atomic E-state index is 0.0346. The van der Waals surface area contributed by atoms with Crippen LogP contribution in [0.2, 0.25) is 0 Å². The van der Waals surface area contributed by atoms with Crippen LogP contribution in [-0.2, 0) is 6.61 Å². The Kier molecular flexibility index (Phi) is 3.30. The van der Waals surface area contributed by atoms with Crippen LogP contribution in [0.1, 0.15) is 11.1 Å². The second-order valence-corrected chi connectivity index (χ2v) is 3.95. The highest BCUT2D eigenvalue weighted by atomic mass is 16.5. The summed E-state index contributed by atoms with van der Waals surface area (Å²) in [6.45, 7) is 2.02. The van der Waals surface area contributed by atoms with E-state index in [2.05, 4.69) is 0 Å². The van der Waals surface area contributed by atoms with E-state index in [4.69, 9.17) is 15.6 Å². The molecular weight excluding hydrogens is 214 g/mol. The van der Waals surface area contributed by atoms with Gasteiger partial charge in [0.25, 0.3) is 0 Å². The van der Waals surface area contributed by atoms with Gasteiger partial charge in [0.05, 0.1) is 12.3 Å². The second-order valence-electron chi connectivity index (χ2n) is 3.95. The van der Waals surface area contributed by atoms with Gasteiger partial charge in [-0.3, -0.25) is 0 Å². The summed E-state index contributed by atoms with van der Waals surface area (Å²) in [6, 6.07) is 12.9. The SMILES string of the molecule is Cc1ccc(N)c(Oc2ccc(CO)cc2)c1. The Hall–Kier alpha value is -2.00. The Morgan fingerprint density at radius 1 is 1.12 bits per heavy atom. The fourth-order valence-electron chi connectivity index (χ4n) is 1.52. The molecule has 0 radical (unpaired) electrons. The number of ether oxygens (including phenoxy) is 1. The number of aryl methyl sites for hydroxylation is 1. The summed E-state index contributed by atoms with van der Waals surface area (Å²) >= 11 is 0. The van der Waals surface area contributed by atoms with Crippen molar-refractivity contribution in [1.29, 1.82) is 0 Å². The summed E-state index contributed by atoms with van der Waals surface area (Å²) in [4.78, 5) is 0. The van der Waals surface area contributed by atoms with Crippen molar-refractivity contribution in [3.63, 3.8) is 0 Å². The summed E-state index contributed by atoms with van der Waals surface area (Å²) in [5.41, 5.74) is 8.40. The van der Waals surface area contributed by atoms with Crippen molar-refractivity contribution in [3.8, 4) is 11.5 Å². The average Bonchev–Trinajstić information content (AvgIpc) is 2.35. The highest BCUT2D eigenvalue weighted by molar-refractivity contribution is 5.55. The summed E-state index contributed by atoms with van der Waals surface area (Å²) in [7, 11) is 0. The number of benzene rings is 2. The molecule has 3 N–H and O–H groups in total. The van der Waals surface area contributed by atoms with Crippen LogP contribution in [0.5, 0.6) is 11.5 Å². The Balaban J connectivity index is 2.22. The Labute approximate surface area is 100 Å². The van der Waals surface area contributed by atoms with E-state index < -0.39 is 0 Å². The third kappa shape index (κ3) is 2.77. The minimum Gasteiger partial charge on any atom is -0.455 e. The maximum absolute atomic E-state index is 8.94. The van der Waals surface area contributed by atoms with Gasteiger partial charge in [0.2, 0.25) is 0 Å². The smallest absolute Gasteiger partial charge is 0.150 e. The number of nitrogen functional groups attached to an aromatic ring is 1. The molecule has 2 aromatic rings. The first-order valence-electron chi connectivity index (χ1n) is 5.43. The molecule has 2 aromatic carbocycles. The summed E-state index contributed by atoms with van der Waals surface area (Å²) < 4.78 is 5.68. The number of anilines is 1. The molecule has 3 nitrogen and oxygen atoms in total. The van der Waals surface area contributed by atoms with Gasteiger partial charge in [-0.15, -0.1) is 0 Å². The molecule has 0 saturated carbocycles. The third-order valence-corrected chi connectivity index (χ3v) is 2.50. The molecule has 0 aliphatic rings. The van der Waals surface area contributed by atoms with Gasteiger partial charge in [0, 0.05) is 0 Å². The van der Waals surface area contributed by atoms with E-state index in [-0.39, 0.29) is 6.61 Å². The monoisotopic (exact) mass is 229 g/mol.